The molecule has 0 saturated heterocycles. The zero-order valence-corrected chi connectivity index (χ0v) is 54.2. The van der Waals surface area contributed by atoms with E-state index in [1.54, 1.807) is 60.9 Å². The molecule has 3 aromatic rings. The van der Waals surface area contributed by atoms with Crippen LogP contribution in [0, 0.1) is 0 Å². The molecule has 3 rings (SSSR count). The van der Waals surface area contributed by atoms with E-state index in [1.807, 2.05) is 24.3 Å². The lowest BCUT2D eigenvalue weighted by Gasteiger charge is -2.20. The first-order valence-electron chi connectivity index (χ1n) is 30.5. The Labute approximate surface area is 532 Å². The third-order valence-corrected chi connectivity index (χ3v) is 11.8. The molecule has 0 saturated carbocycles. The van der Waals surface area contributed by atoms with Crippen LogP contribution < -0.4 is 37.9 Å². The van der Waals surface area contributed by atoms with Gasteiger partial charge in [0.05, 0.1) is 205 Å². The molecule has 0 aliphatic rings. The minimum absolute atomic E-state index is 0.0449. The van der Waals surface area contributed by atoms with Crippen molar-refractivity contribution in [2.75, 3.05) is 281 Å². The highest BCUT2D eigenvalue weighted by Gasteiger charge is 2.20. The van der Waals surface area contributed by atoms with E-state index in [1.165, 1.54) is 0 Å². The van der Waals surface area contributed by atoms with Crippen LogP contribution in [0.25, 0.3) is 0 Å². The third-order valence-electron chi connectivity index (χ3n) is 11.8. The van der Waals surface area contributed by atoms with Crippen molar-refractivity contribution in [2.45, 2.75) is 19.8 Å². The lowest BCUT2D eigenvalue weighted by atomic mass is 10.1. The maximum absolute atomic E-state index is 10.5. The fourth-order valence-electron chi connectivity index (χ4n) is 7.40. The molecule has 0 aliphatic heterocycles. The summed E-state index contributed by atoms with van der Waals surface area (Å²) in [6.45, 7) is 12.8. The summed E-state index contributed by atoms with van der Waals surface area (Å²) in [6.07, 6.45) is 0. The largest absolute Gasteiger partial charge is 0.489 e. The van der Waals surface area contributed by atoms with Crippen LogP contribution >= 0.6 is 0 Å². The fraction of sp³-hybridized carbons (Fsp3) is 0.714. The van der Waals surface area contributed by atoms with E-state index in [-0.39, 0.29) is 99.1 Å². The molecule has 0 amide bonds. The van der Waals surface area contributed by atoms with Gasteiger partial charge in [-0.3, -0.25) is 0 Å². The van der Waals surface area contributed by atoms with Crippen molar-refractivity contribution >= 4 is 0 Å². The van der Waals surface area contributed by atoms with Crippen molar-refractivity contribution in [3.8, 4) is 46.0 Å². The smallest absolute Gasteiger partial charge is 0.203 e. The average molecular weight is 1290 g/mol. The second-order valence-electron chi connectivity index (χ2n) is 18.8. The van der Waals surface area contributed by atoms with Crippen LogP contribution in [-0.2, 0) is 105 Å². The fourth-order valence-corrected chi connectivity index (χ4v) is 7.40. The molecule has 0 aliphatic carbocycles. The van der Waals surface area contributed by atoms with Gasteiger partial charge in [0.2, 0.25) is 11.5 Å². The standard InChI is InChI=1S/C63H104O27/c1-65-7-13-71-19-25-77-31-37-83-58-45-54(46-59(84-38-32-78-26-20-72-14-8-66-2)62(58)87-41-35-81-29-23-75-17-11-69-5)51-89-56-43-53(50-64)44-57(49-56)90-52-55-47-60(85-39-33-79-27-21-73-15-9-67-3)63(88-42-36-82-30-24-76-18-12-70-6)61(48-55)86-40-34-80-28-22-74-16-10-68-4/h43-49,64H,7-42,50-52H2,1-6H3. The number of hydrogen-bond donors (Lipinski definition) is 1. The molecule has 0 unspecified atom stereocenters. The van der Waals surface area contributed by atoms with E-state index in [0.29, 0.717) is 221 Å². The van der Waals surface area contributed by atoms with Crippen LogP contribution in [0.15, 0.2) is 42.5 Å². The Morgan fingerprint density at radius 2 is 0.411 bits per heavy atom. The summed E-state index contributed by atoms with van der Waals surface area (Å²) in [4.78, 5) is 0. The van der Waals surface area contributed by atoms with Gasteiger partial charge in [-0.2, -0.15) is 0 Å². The third kappa shape index (κ3) is 41.0. The number of methoxy groups -OCH3 is 6. The lowest BCUT2D eigenvalue weighted by Crippen LogP contribution is -2.16. The minimum atomic E-state index is -0.294. The van der Waals surface area contributed by atoms with Gasteiger partial charge in [0.1, 0.15) is 64.4 Å². The van der Waals surface area contributed by atoms with E-state index in [0.717, 1.165) is 0 Å². The van der Waals surface area contributed by atoms with Crippen molar-refractivity contribution in [2.24, 2.45) is 0 Å². The van der Waals surface area contributed by atoms with Gasteiger partial charge in [0, 0.05) is 48.7 Å². The zero-order valence-electron chi connectivity index (χ0n) is 54.2. The maximum atomic E-state index is 10.5. The molecule has 0 spiro atoms. The molecular weight excluding hydrogens is 1190 g/mol. The van der Waals surface area contributed by atoms with E-state index in [9.17, 15) is 5.11 Å². The first kappa shape index (κ1) is 79.5. The molecule has 0 aromatic heterocycles. The highest BCUT2D eigenvalue weighted by atomic mass is 16.6. The molecule has 0 fully saturated rings. The average Bonchev–Trinajstić information content (AvgIpc) is 1.23. The Morgan fingerprint density at radius 1 is 0.211 bits per heavy atom. The monoisotopic (exact) mass is 1290 g/mol. The maximum Gasteiger partial charge on any atom is 0.203 e. The Balaban J connectivity index is 1.90. The first-order chi connectivity index (χ1) is 44.5. The second kappa shape index (κ2) is 58.1. The Bertz CT molecular complexity index is 1880. The van der Waals surface area contributed by atoms with Gasteiger partial charge in [-0.15, -0.1) is 0 Å². The van der Waals surface area contributed by atoms with Crippen LogP contribution in [0.2, 0.25) is 0 Å². The van der Waals surface area contributed by atoms with E-state index >= 15 is 0 Å². The van der Waals surface area contributed by atoms with E-state index in [4.69, 9.17) is 123 Å². The first-order valence-corrected chi connectivity index (χ1v) is 30.5. The minimum Gasteiger partial charge on any atom is -0.489 e. The van der Waals surface area contributed by atoms with Crippen LogP contribution in [0.3, 0.4) is 0 Å². The van der Waals surface area contributed by atoms with Crippen LogP contribution in [0.1, 0.15) is 16.7 Å². The van der Waals surface area contributed by atoms with Gasteiger partial charge >= 0.3 is 0 Å². The number of aliphatic hydroxyl groups excluding tert-OH is 1. The second-order valence-corrected chi connectivity index (χ2v) is 18.8. The molecule has 0 radical (unpaired) electrons. The van der Waals surface area contributed by atoms with Crippen LogP contribution in [-0.4, -0.2) is 286 Å². The summed E-state index contributed by atoms with van der Waals surface area (Å²) < 4.78 is 149. The van der Waals surface area contributed by atoms with Crippen molar-refractivity contribution < 1.29 is 128 Å². The molecule has 27 nitrogen and oxygen atoms in total. The lowest BCUT2D eigenvalue weighted by molar-refractivity contribution is 0.0146. The molecule has 0 heterocycles. The van der Waals surface area contributed by atoms with Gasteiger partial charge in [0.15, 0.2) is 23.0 Å². The summed E-state index contributed by atoms with van der Waals surface area (Å²) in [5.41, 5.74) is 1.90. The van der Waals surface area contributed by atoms with Crippen molar-refractivity contribution in [3.05, 3.63) is 59.2 Å². The van der Waals surface area contributed by atoms with Gasteiger partial charge in [-0.25, -0.2) is 0 Å². The van der Waals surface area contributed by atoms with Crippen LogP contribution in [0.4, 0.5) is 0 Å². The Morgan fingerprint density at radius 3 is 0.622 bits per heavy atom. The van der Waals surface area contributed by atoms with Crippen molar-refractivity contribution in [3.63, 3.8) is 0 Å². The molecular formula is C63H104O27. The highest BCUT2D eigenvalue weighted by molar-refractivity contribution is 5.55. The van der Waals surface area contributed by atoms with Crippen LogP contribution in [0.5, 0.6) is 46.0 Å². The number of hydrogen-bond acceptors (Lipinski definition) is 27. The summed E-state index contributed by atoms with van der Waals surface area (Å²) in [5.74, 6) is 3.09. The molecule has 90 heavy (non-hydrogen) atoms. The highest BCUT2D eigenvalue weighted by Crippen LogP contribution is 2.41. The summed E-state index contributed by atoms with van der Waals surface area (Å²) in [7, 11) is 9.72. The summed E-state index contributed by atoms with van der Waals surface area (Å²) in [5, 5.41) is 10.5. The zero-order chi connectivity index (χ0) is 64.3. The number of aliphatic hydroxyl groups is 1. The van der Waals surface area contributed by atoms with Gasteiger partial charge < -0.3 is 128 Å². The molecule has 0 atom stereocenters. The predicted octanol–water partition coefficient (Wildman–Crippen LogP) is 4.69. The number of benzene rings is 3. The molecule has 0 bridgehead atoms. The summed E-state index contributed by atoms with van der Waals surface area (Å²) >= 11 is 0. The van der Waals surface area contributed by atoms with Gasteiger partial charge in [-0.1, -0.05) is 0 Å². The molecule has 27 heteroatoms. The summed E-state index contributed by atoms with van der Waals surface area (Å²) in [6, 6.07) is 12.5. The normalized spacial score (nSPS) is 11.4. The number of rotatable bonds is 67. The molecule has 1 N–H and O–H groups in total. The number of ether oxygens (including phenoxy) is 26. The predicted molar refractivity (Wildman–Crippen MR) is 328 cm³/mol. The molecule has 3 aromatic carbocycles. The van der Waals surface area contributed by atoms with Gasteiger partial charge in [-0.05, 0) is 53.1 Å². The Kier molecular flexibility index (Phi) is 51.4. The SMILES string of the molecule is COCCOCCOCCOc1cc(COc2cc(CO)cc(OCc3cc(OCCOCCOCCOC)c(OCCOCCOCCOC)c(OCCOCCOCCOC)c3)c2)cc(OCCOCCOCCOC)c1OCCOCCOCCOC. The topological polar surface area (TPSA) is 260 Å². The van der Waals surface area contributed by atoms with Crippen molar-refractivity contribution in [1.29, 1.82) is 0 Å². The van der Waals surface area contributed by atoms with Crippen molar-refractivity contribution in [1.82, 2.24) is 0 Å². The Hall–Kier alpha value is -4.70. The van der Waals surface area contributed by atoms with E-state index < -0.39 is 0 Å². The molecule has 518 valence electrons. The van der Waals surface area contributed by atoms with Gasteiger partial charge in [0.25, 0.3) is 0 Å². The van der Waals surface area contributed by atoms with E-state index in [2.05, 4.69) is 0 Å². The quantitative estimate of drug-likeness (QED) is 0.0752.